The van der Waals surface area contributed by atoms with Gasteiger partial charge in [-0.1, -0.05) is 41.4 Å². The molecule has 0 unspecified atom stereocenters. The van der Waals surface area contributed by atoms with Crippen molar-refractivity contribution < 1.29 is 9.53 Å². The fraction of sp³-hybridized carbons (Fsp3) is 0.136. The van der Waals surface area contributed by atoms with Gasteiger partial charge in [-0.15, -0.1) is 11.3 Å². The number of halogens is 2. The number of rotatable bonds is 5. The highest BCUT2D eigenvalue weighted by Gasteiger charge is 2.20. The molecule has 4 rings (SSSR count). The van der Waals surface area contributed by atoms with Crippen LogP contribution in [0.5, 0.6) is 5.75 Å². The summed E-state index contributed by atoms with van der Waals surface area (Å²) in [6, 6.07) is 12.3. The Hall–Kier alpha value is -2.87. The third-order valence-corrected chi connectivity index (χ3v) is 6.62. The molecule has 0 atom stereocenters. The molecule has 0 aliphatic rings. The molecule has 9 heteroatoms. The number of ether oxygens (including phenoxy) is 1. The van der Waals surface area contributed by atoms with Crippen molar-refractivity contribution in [3.63, 3.8) is 0 Å². The summed E-state index contributed by atoms with van der Waals surface area (Å²) in [5, 5.41) is 4.26. The zero-order chi connectivity index (χ0) is 22.1. The van der Waals surface area contributed by atoms with Crippen LogP contribution in [0.3, 0.4) is 0 Å². The highest BCUT2D eigenvalue weighted by Crippen LogP contribution is 2.30. The molecule has 1 N–H and O–H groups in total. The number of fused-ring (bicyclic) bond motifs is 1. The summed E-state index contributed by atoms with van der Waals surface area (Å²) >= 11 is 13.4. The van der Waals surface area contributed by atoms with Crippen LogP contribution < -0.4 is 15.6 Å². The maximum absolute atomic E-state index is 13.1. The second-order valence-corrected chi connectivity index (χ2v) is 8.65. The van der Waals surface area contributed by atoms with Gasteiger partial charge in [-0.25, -0.2) is 4.98 Å². The molecule has 0 saturated heterocycles. The molecule has 158 valence electrons. The van der Waals surface area contributed by atoms with E-state index in [0.717, 1.165) is 5.56 Å². The number of para-hydroxylation sites is 2. The Balaban J connectivity index is 1.70. The van der Waals surface area contributed by atoms with E-state index in [9.17, 15) is 9.59 Å². The van der Waals surface area contributed by atoms with Crippen molar-refractivity contribution in [3.05, 3.63) is 85.2 Å². The van der Waals surface area contributed by atoms with Crippen LogP contribution in [0.2, 0.25) is 10.0 Å². The second kappa shape index (κ2) is 8.70. The largest absolute Gasteiger partial charge is 0.495 e. The number of carbonyl (C=O) groups excluding carboxylic acids is 1. The number of thiophene rings is 1. The van der Waals surface area contributed by atoms with E-state index in [2.05, 4.69) is 10.3 Å². The quantitative estimate of drug-likeness (QED) is 0.422. The summed E-state index contributed by atoms with van der Waals surface area (Å²) in [5.74, 6) is 0.228. The van der Waals surface area contributed by atoms with Crippen molar-refractivity contribution in [1.82, 2.24) is 9.55 Å². The van der Waals surface area contributed by atoms with Gasteiger partial charge < -0.3 is 10.1 Å². The SMILES string of the molecule is COc1ccccc1NC(=O)c1sc2ncn(Cc3ccc(Cl)cc3Cl)c(=O)c2c1C. The molecule has 0 radical (unpaired) electrons. The molecular weight excluding hydrogens is 457 g/mol. The number of amides is 1. The predicted molar refractivity (Wildman–Crippen MR) is 125 cm³/mol. The van der Waals surface area contributed by atoms with E-state index in [0.29, 0.717) is 42.1 Å². The van der Waals surface area contributed by atoms with Gasteiger partial charge in [0, 0.05) is 10.0 Å². The zero-order valence-corrected chi connectivity index (χ0v) is 18.9. The Morgan fingerprint density at radius 1 is 1.23 bits per heavy atom. The van der Waals surface area contributed by atoms with E-state index in [-0.39, 0.29) is 18.0 Å². The van der Waals surface area contributed by atoms with Crippen molar-refractivity contribution in [1.29, 1.82) is 0 Å². The first-order chi connectivity index (χ1) is 14.9. The van der Waals surface area contributed by atoms with Crippen LogP contribution in [0.15, 0.2) is 53.6 Å². The summed E-state index contributed by atoms with van der Waals surface area (Å²) in [5.41, 5.74) is 1.65. The number of carbonyl (C=O) groups is 1. The van der Waals surface area contributed by atoms with E-state index in [1.807, 2.05) is 6.07 Å². The summed E-state index contributed by atoms with van der Waals surface area (Å²) < 4.78 is 6.75. The number of aryl methyl sites for hydroxylation is 1. The number of nitrogens with one attached hydrogen (secondary N) is 1. The van der Waals surface area contributed by atoms with Crippen molar-refractivity contribution in [3.8, 4) is 5.75 Å². The number of benzene rings is 2. The lowest BCUT2D eigenvalue weighted by Gasteiger charge is -2.09. The van der Waals surface area contributed by atoms with Crippen LogP contribution in [-0.2, 0) is 6.54 Å². The highest BCUT2D eigenvalue weighted by molar-refractivity contribution is 7.20. The topological polar surface area (TPSA) is 73.2 Å². The second-order valence-electron chi connectivity index (χ2n) is 6.80. The molecule has 2 aromatic heterocycles. The summed E-state index contributed by atoms with van der Waals surface area (Å²) in [4.78, 5) is 31.4. The first kappa shape index (κ1) is 21.4. The van der Waals surface area contributed by atoms with Gasteiger partial charge in [-0.2, -0.15) is 0 Å². The fourth-order valence-electron chi connectivity index (χ4n) is 3.25. The molecule has 0 bridgehead atoms. The summed E-state index contributed by atoms with van der Waals surface area (Å²) in [6.07, 6.45) is 1.47. The third kappa shape index (κ3) is 4.17. The van der Waals surface area contributed by atoms with Crippen molar-refractivity contribution in [2.75, 3.05) is 12.4 Å². The number of nitrogens with zero attached hydrogens (tertiary/aromatic N) is 2. The molecule has 0 saturated carbocycles. The van der Waals surface area contributed by atoms with Gasteiger partial charge in [0.05, 0.1) is 35.9 Å². The zero-order valence-electron chi connectivity index (χ0n) is 16.6. The molecule has 2 heterocycles. The Labute approximate surface area is 192 Å². The monoisotopic (exact) mass is 473 g/mol. The number of hydrogen-bond donors (Lipinski definition) is 1. The van der Waals surface area contributed by atoms with Crippen LogP contribution in [0.1, 0.15) is 20.8 Å². The standard InChI is InChI=1S/C22H17Cl2N3O3S/c1-12-18-21(31-19(12)20(28)26-16-5-3-4-6-17(16)30-2)25-11-27(22(18)29)10-13-7-8-14(23)9-15(13)24/h3-9,11H,10H2,1-2H3,(H,26,28). The lowest BCUT2D eigenvalue weighted by atomic mass is 10.2. The van der Waals surface area contributed by atoms with E-state index in [4.69, 9.17) is 27.9 Å². The van der Waals surface area contributed by atoms with Gasteiger partial charge in [0.15, 0.2) is 0 Å². The van der Waals surface area contributed by atoms with Crippen LogP contribution in [0, 0.1) is 6.92 Å². The van der Waals surface area contributed by atoms with Crippen molar-refractivity contribution in [2.45, 2.75) is 13.5 Å². The van der Waals surface area contributed by atoms with Gasteiger partial charge in [0.2, 0.25) is 0 Å². The first-order valence-corrected chi connectivity index (χ1v) is 10.8. The van der Waals surface area contributed by atoms with E-state index in [1.165, 1.54) is 29.3 Å². The average molecular weight is 474 g/mol. The van der Waals surface area contributed by atoms with Crippen LogP contribution >= 0.6 is 34.5 Å². The minimum atomic E-state index is -0.323. The van der Waals surface area contributed by atoms with Gasteiger partial charge >= 0.3 is 0 Å². The maximum Gasteiger partial charge on any atom is 0.266 e. The number of aromatic nitrogens is 2. The molecule has 0 fully saturated rings. The third-order valence-electron chi connectivity index (χ3n) is 4.83. The molecule has 6 nitrogen and oxygen atoms in total. The van der Waals surface area contributed by atoms with E-state index >= 15 is 0 Å². The lowest BCUT2D eigenvalue weighted by Crippen LogP contribution is -2.21. The smallest absolute Gasteiger partial charge is 0.266 e. The van der Waals surface area contributed by atoms with Crippen LogP contribution in [0.25, 0.3) is 10.2 Å². The van der Waals surface area contributed by atoms with Crippen molar-refractivity contribution in [2.24, 2.45) is 0 Å². The first-order valence-electron chi connectivity index (χ1n) is 9.26. The number of anilines is 1. The van der Waals surface area contributed by atoms with Crippen LogP contribution in [-0.4, -0.2) is 22.6 Å². The predicted octanol–water partition coefficient (Wildman–Crippen LogP) is 5.38. The minimum absolute atomic E-state index is 0.235. The summed E-state index contributed by atoms with van der Waals surface area (Å²) in [7, 11) is 1.54. The molecular formula is C22H17Cl2N3O3S. The Kier molecular flexibility index (Phi) is 6.00. The Morgan fingerprint density at radius 2 is 2.00 bits per heavy atom. The van der Waals surface area contributed by atoms with E-state index in [1.54, 1.807) is 43.3 Å². The van der Waals surface area contributed by atoms with Gasteiger partial charge in [-0.05, 0) is 42.3 Å². The van der Waals surface area contributed by atoms with E-state index < -0.39 is 0 Å². The van der Waals surface area contributed by atoms with Crippen molar-refractivity contribution >= 4 is 56.3 Å². The highest BCUT2D eigenvalue weighted by atomic mass is 35.5. The van der Waals surface area contributed by atoms with Gasteiger partial charge in [0.25, 0.3) is 11.5 Å². The molecule has 1 amide bonds. The molecule has 0 aliphatic carbocycles. The fourth-order valence-corrected chi connectivity index (χ4v) is 4.75. The van der Waals surface area contributed by atoms with Crippen LogP contribution in [0.4, 0.5) is 5.69 Å². The molecule has 0 aliphatic heterocycles. The maximum atomic E-state index is 13.1. The lowest BCUT2D eigenvalue weighted by molar-refractivity contribution is 0.102. The Bertz CT molecular complexity index is 1360. The Morgan fingerprint density at radius 3 is 2.74 bits per heavy atom. The molecule has 31 heavy (non-hydrogen) atoms. The normalized spacial score (nSPS) is 11.0. The molecule has 4 aromatic rings. The van der Waals surface area contributed by atoms with Gasteiger partial charge in [-0.3, -0.25) is 14.2 Å². The number of methoxy groups -OCH3 is 1. The summed E-state index contributed by atoms with van der Waals surface area (Å²) in [6.45, 7) is 1.99. The molecule has 0 spiro atoms. The van der Waals surface area contributed by atoms with Gasteiger partial charge in [0.1, 0.15) is 10.6 Å². The average Bonchev–Trinajstić information content (AvgIpc) is 3.09. The number of hydrogen-bond acceptors (Lipinski definition) is 5. The minimum Gasteiger partial charge on any atom is -0.495 e. The molecule has 2 aromatic carbocycles.